The Morgan fingerprint density at radius 3 is 2.48 bits per heavy atom. The Morgan fingerprint density at radius 2 is 1.90 bits per heavy atom. The molecule has 1 aromatic heterocycles. The molecule has 114 valence electrons. The molecule has 0 bridgehead atoms. The van der Waals surface area contributed by atoms with Crippen LogP contribution in [0, 0.1) is 19.7 Å². The number of anilines is 2. The normalized spacial score (nSPS) is 10.9. The van der Waals surface area contributed by atoms with E-state index in [1.807, 2.05) is 19.2 Å². The minimum absolute atomic E-state index is 0.135. The van der Waals surface area contributed by atoms with E-state index in [1.54, 1.807) is 18.5 Å². The van der Waals surface area contributed by atoms with Crippen molar-refractivity contribution in [3.05, 3.63) is 40.3 Å². The first kappa shape index (κ1) is 15.4. The maximum atomic E-state index is 13.6. The van der Waals surface area contributed by atoms with E-state index >= 15 is 0 Å². The largest absolute Gasteiger partial charge is 0.394 e. The number of nitrogens with one attached hydrogen (secondary N) is 1. The molecule has 0 fully saturated rings. The van der Waals surface area contributed by atoms with Crippen LogP contribution in [0.4, 0.5) is 15.9 Å². The van der Waals surface area contributed by atoms with Crippen molar-refractivity contribution < 1.29 is 4.39 Å². The van der Waals surface area contributed by atoms with Gasteiger partial charge in [0.1, 0.15) is 11.6 Å². The van der Waals surface area contributed by atoms with Crippen molar-refractivity contribution in [3.8, 4) is 0 Å². The predicted molar refractivity (Wildman–Crippen MR) is 84.8 cm³/mol. The van der Waals surface area contributed by atoms with E-state index in [2.05, 4.69) is 17.3 Å². The van der Waals surface area contributed by atoms with Crippen LogP contribution in [0.15, 0.2) is 12.1 Å². The highest BCUT2D eigenvalue weighted by Crippen LogP contribution is 2.24. The van der Waals surface area contributed by atoms with Gasteiger partial charge in [-0.3, -0.25) is 4.68 Å². The Bertz CT molecular complexity index is 623. The number of benzene rings is 1. The van der Waals surface area contributed by atoms with Crippen molar-refractivity contribution in [1.82, 2.24) is 9.78 Å². The molecular weight excluding hydrogens is 267 g/mol. The fourth-order valence-corrected chi connectivity index (χ4v) is 2.55. The number of nitrogens with zero attached hydrogens (tertiary/aromatic N) is 2. The van der Waals surface area contributed by atoms with Crippen molar-refractivity contribution in [3.63, 3.8) is 0 Å². The van der Waals surface area contributed by atoms with E-state index in [0.717, 1.165) is 29.9 Å². The molecule has 3 N–H and O–H groups in total. The van der Waals surface area contributed by atoms with E-state index in [0.29, 0.717) is 23.4 Å². The summed E-state index contributed by atoms with van der Waals surface area (Å²) in [6, 6.07) is 3.71. The highest BCUT2D eigenvalue weighted by Gasteiger charge is 2.12. The molecule has 0 radical (unpaired) electrons. The van der Waals surface area contributed by atoms with Crippen LogP contribution in [0.25, 0.3) is 0 Å². The van der Waals surface area contributed by atoms with Crippen molar-refractivity contribution in [2.24, 2.45) is 7.05 Å². The number of rotatable bonds is 5. The average molecular weight is 290 g/mol. The Balaban J connectivity index is 2.17. The molecule has 0 atom stereocenters. The summed E-state index contributed by atoms with van der Waals surface area (Å²) < 4.78 is 15.4. The van der Waals surface area contributed by atoms with E-state index in [4.69, 9.17) is 5.73 Å². The Labute approximate surface area is 125 Å². The zero-order chi connectivity index (χ0) is 15.6. The van der Waals surface area contributed by atoms with Crippen LogP contribution in [-0.2, 0) is 20.0 Å². The Hall–Kier alpha value is -2.04. The summed E-state index contributed by atoms with van der Waals surface area (Å²) >= 11 is 0. The minimum Gasteiger partial charge on any atom is -0.394 e. The summed E-state index contributed by atoms with van der Waals surface area (Å²) in [5, 5.41) is 7.73. The van der Waals surface area contributed by atoms with Gasteiger partial charge >= 0.3 is 0 Å². The quantitative estimate of drug-likeness (QED) is 0.888. The molecular formula is C16H23FN4. The molecule has 21 heavy (non-hydrogen) atoms. The molecule has 0 aliphatic carbocycles. The second-order valence-corrected chi connectivity index (χ2v) is 5.48. The smallest absolute Gasteiger partial charge is 0.148 e. The lowest BCUT2D eigenvalue weighted by Crippen LogP contribution is -2.07. The molecule has 0 aliphatic heterocycles. The van der Waals surface area contributed by atoms with Gasteiger partial charge in [0.05, 0.1) is 11.4 Å². The van der Waals surface area contributed by atoms with Gasteiger partial charge in [-0.05, 0) is 37.0 Å². The van der Waals surface area contributed by atoms with Crippen LogP contribution in [0.1, 0.15) is 35.7 Å². The Kier molecular flexibility index (Phi) is 4.50. The third-order valence-electron chi connectivity index (χ3n) is 3.60. The number of nitrogen functional groups attached to an aromatic ring is 1. The van der Waals surface area contributed by atoms with Crippen LogP contribution in [0.5, 0.6) is 0 Å². The number of nitrogens with two attached hydrogens (primary N) is 1. The van der Waals surface area contributed by atoms with Crippen molar-refractivity contribution >= 4 is 11.5 Å². The van der Waals surface area contributed by atoms with Gasteiger partial charge in [-0.25, -0.2) is 4.39 Å². The van der Waals surface area contributed by atoms with E-state index in [1.165, 1.54) is 0 Å². The molecule has 2 aromatic rings. The van der Waals surface area contributed by atoms with Gasteiger partial charge < -0.3 is 11.1 Å². The lowest BCUT2D eigenvalue weighted by atomic mass is 10.1. The van der Waals surface area contributed by atoms with Gasteiger partial charge in [0, 0.05) is 13.6 Å². The second-order valence-electron chi connectivity index (χ2n) is 5.48. The van der Waals surface area contributed by atoms with Crippen LogP contribution < -0.4 is 11.1 Å². The molecule has 2 rings (SSSR count). The second kappa shape index (κ2) is 6.16. The standard InChI is InChI=1S/C16H23FN4/c1-5-6-13-15(18)16(21(4)20-13)19-9-12-7-10(2)14(17)11(3)8-12/h7-8,19H,5-6,9,18H2,1-4H3. The zero-order valence-electron chi connectivity index (χ0n) is 13.1. The first-order chi connectivity index (χ1) is 9.93. The first-order valence-electron chi connectivity index (χ1n) is 7.24. The van der Waals surface area contributed by atoms with Crippen LogP contribution in [0.2, 0.25) is 0 Å². The molecule has 1 heterocycles. The molecule has 0 saturated heterocycles. The lowest BCUT2D eigenvalue weighted by Gasteiger charge is -2.10. The van der Waals surface area contributed by atoms with Gasteiger partial charge in [-0.1, -0.05) is 25.5 Å². The van der Waals surface area contributed by atoms with Crippen molar-refractivity contribution in [1.29, 1.82) is 0 Å². The zero-order valence-corrected chi connectivity index (χ0v) is 13.1. The molecule has 0 amide bonds. The maximum Gasteiger partial charge on any atom is 0.148 e. The van der Waals surface area contributed by atoms with Gasteiger partial charge in [0.15, 0.2) is 0 Å². The van der Waals surface area contributed by atoms with Crippen molar-refractivity contribution in [2.75, 3.05) is 11.1 Å². The first-order valence-corrected chi connectivity index (χ1v) is 7.24. The summed E-state index contributed by atoms with van der Waals surface area (Å²) in [4.78, 5) is 0. The summed E-state index contributed by atoms with van der Waals surface area (Å²) in [5.74, 6) is 0.683. The van der Waals surface area contributed by atoms with Crippen LogP contribution in [-0.4, -0.2) is 9.78 Å². The number of aromatic nitrogens is 2. The summed E-state index contributed by atoms with van der Waals surface area (Å²) in [6.45, 7) is 6.26. The van der Waals surface area contributed by atoms with Gasteiger partial charge in [-0.2, -0.15) is 5.10 Å². The third kappa shape index (κ3) is 3.17. The topological polar surface area (TPSA) is 55.9 Å². The maximum absolute atomic E-state index is 13.6. The van der Waals surface area contributed by atoms with Crippen LogP contribution >= 0.6 is 0 Å². The van der Waals surface area contributed by atoms with E-state index in [9.17, 15) is 4.39 Å². The van der Waals surface area contributed by atoms with E-state index in [-0.39, 0.29) is 5.82 Å². The van der Waals surface area contributed by atoms with E-state index < -0.39 is 0 Å². The highest BCUT2D eigenvalue weighted by molar-refractivity contribution is 5.65. The molecule has 4 nitrogen and oxygen atoms in total. The minimum atomic E-state index is -0.135. The molecule has 0 saturated carbocycles. The average Bonchev–Trinajstić information content (AvgIpc) is 2.69. The number of aryl methyl sites for hydroxylation is 4. The van der Waals surface area contributed by atoms with Gasteiger partial charge in [0.25, 0.3) is 0 Å². The molecule has 1 aromatic carbocycles. The Morgan fingerprint density at radius 1 is 1.29 bits per heavy atom. The fraction of sp³-hybridized carbons (Fsp3) is 0.438. The highest BCUT2D eigenvalue weighted by atomic mass is 19.1. The molecule has 0 aliphatic rings. The SMILES string of the molecule is CCCc1nn(C)c(NCc2cc(C)c(F)c(C)c2)c1N. The fourth-order valence-electron chi connectivity index (χ4n) is 2.55. The summed E-state index contributed by atoms with van der Waals surface area (Å²) in [7, 11) is 1.87. The van der Waals surface area contributed by atoms with Gasteiger partial charge in [-0.15, -0.1) is 0 Å². The third-order valence-corrected chi connectivity index (χ3v) is 3.60. The molecule has 5 heteroatoms. The van der Waals surface area contributed by atoms with Crippen molar-refractivity contribution in [2.45, 2.75) is 40.2 Å². The summed E-state index contributed by atoms with van der Waals surface area (Å²) in [6.07, 6.45) is 1.88. The lowest BCUT2D eigenvalue weighted by molar-refractivity contribution is 0.608. The van der Waals surface area contributed by atoms with Crippen LogP contribution in [0.3, 0.4) is 0 Å². The summed E-state index contributed by atoms with van der Waals surface area (Å²) in [5.41, 5.74) is 10.1. The predicted octanol–water partition coefficient (Wildman–Crippen LogP) is 3.32. The number of halogens is 1. The molecule has 0 unspecified atom stereocenters. The molecule has 0 spiro atoms. The van der Waals surface area contributed by atoms with Gasteiger partial charge in [0.2, 0.25) is 0 Å². The number of hydrogen-bond donors (Lipinski definition) is 2. The number of hydrogen-bond acceptors (Lipinski definition) is 3. The monoisotopic (exact) mass is 290 g/mol.